The average Bonchev–Trinajstić information content (AvgIpc) is 2.39. The van der Waals surface area contributed by atoms with E-state index < -0.39 is 5.97 Å². The molecule has 0 aliphatic heterocycles. The summed E-state index contributed by atoms with van der Waals surface area (Å²) >= 11 is 0. The van der Waals surface area contributed by atoms with Crippen LogP contribution in [-0.2, 0) is 9.59 Å². The molecule has 0 bridgehead atoms. The van der Waals surface area contributed by atoms with Crippen LogP contribution in [0.1, 0.15) is 71.1 Å². The van der Waals surface area contributed by atoms with E-state index in [1.54, 1.807) is 6.92 Å². The van der Waals surface area contributed by atoms with Crippen LogP contribution < -0.4 is 61.8 Å². The number of rotatable bonds is 13. The molecule has 1 N–H and O–H groups in total. The topological polar surface area (TPSA) is 69.2 Å². The van der Waals surface area contributed by atoms with Gasteiger partial charge in [0, 0.05) is 18.1 Å². The Morgan fingerprint density at radius 2 is 1.33 bits per heavy atom. The normalized spacial score (nSPS) is 9.76. The number of nitrogens with one attached hydrogen (secondary N) is 1. The van der Waals surface area contributed by atoms with Crippen molar-refractivity contribution in [2.45, 2.75) is 71.1 Å². The van der Waals surface area contributed by atoms with Gasteiger partial charge in [-0.1, -0.05) is 51.5 Å². The van der Waals surface area contributed by atoms with E-state index >= 15 is 0 Å². The van der Waals surface area contributed by atoms with Gasteiger partial charge in [-0.05, 0) is 26.2 Å². The maximum absolute atomic E-state index is 11.2. The molecule has 0 aromatic rings. The molecule has 0 radical (unpaired) electrons. The van der Waals surface area contributed by atoms with Crippen molar-refractivity contribution >= 4 is 11.9 Å². The fraction of sp³-hybridized carbons (Fsp3) is 0.750. The van der Waals surface area contributed by atoms with Gasteiger partial charge in [-0.25, -0.2) is 0 Å². The van der Waals surface area contributed by atoms with E-state index in [1.807, 2.05) is 0 Å². The van der Waals surface area contributed by atoms with Crippen molar-refractivity contribution in [3.8, 4) is 0 Å². The number of carboxylic acids is 1. The molecule has 0 atom stereocenters. The third kappa shape index (κ3) is 18.3. The molecular formula is C16H28KNO3. The van der Waals surface area contributed by atoms with Crippen LogP contribution in [0.4, 0.5) is 0 Å². The first-order valence-corrected chi connectivity index (χ1v) is 7.67. The van der Waals surface area contributed by atoms with Gasteiger partial charge in [-0.2, -0.15) is 0 Å². The van der Waals surface area contributed by atoms with E-state index in [-0.39, 0.29) is 63.7 Å². The number of hydrogen-bond acceptors (Lipinski definition) is 3. The molecular weight excluding hydrogens is 293 g/mol. The van der Waals surface area contributed by atoms with Gasteiger partial charge in [-0.3, -0.25) is 4.79 Å². The summed E-state index contributed by atoms with van der Waals surface area (Å²) in [4.78, 5) is 21.4. The zero-order valence-electron chi connectivity index (χ0n) is 13.7. The number of hydrogen-bond donors (Lipinski definition) is 1. The van der Waals surface area contributed by atoms with Gasteiger partial charge in [0.2, 0.25) is 5.91 Å². The van der Waals surface area contributed by atoms with Crippen LogP contribution in [0.5, 0.6) is 0 Å². The number of aliphatic carboxylic acids is 1. The summed E-state index contributed by atoms with van der Waals surface area (Å²) in [5.41, 5.74) is 0.559. The molecule has 21 heavy (non-hydrogen) atoms. The quantitative estimate of drug-likeness (QED) is 0.278. The predicted molar refractivity (Wildman–Crippen MR) is 79.0 cm³/mol. The molecule has 0 aromatic carbocycles. The Balaban J connectivity index is 0. The Hall–Kier alpha value is 0.316. The minimum atomic E-state index is -0.941. The molecule has 0 unspecified atom stereocenters. The monoisotopic (exact) mass is 321 g/mol. The van der Waals surface area contributed by atoms with E-state index in [4.69, 9.17) is 0 Å². The Morgan fingerprint density at radius 3 is 1.76 bits per heavy atom. The Morgan fingerprint density at radius 1 is 0.905 bits per heavy atom. The van der Waals surface area contributed by atoms with Gasteiger partial charge in [0.25, 0.3) is 0 Å². The van der Waals surface area contributed by atoms with Crippen LogP contribution in [-0.4, -0.2) is 18.4 Å². The van der Waals surface area contributed by atoms with Crippen molar-refractivity contribution in [1.29, 1.82) is 0 Å². The van der Waals surface area contributed by atoms with Crippen molar-refractivity contribution < 1.29 is 66.1 Å². The largest absolute Gasteiger partial charge is 1.00 e. The number of carboxylic acid groups (broad SMARTS) is 1. The van der Waals surface area contributed by atoms with Gasteiger partial charge in [-0.15, -0.1) is 0 Å². The van der Waals surface area contributed by atoms with Crippen LogP contribution in [0.15, 0.2) is 12.2 Å². The molecule has 0 saturated carbocycles. The molecule has 0 rings (SSSR count). The summed E-state index contributed by atoms with van der Waals surface area (Å²) < 4.78 is 0. The molecule has 0 aliphatic carbocycles. The molecule has 116 valence electrons. The molecule has 0 aliphatic rings. The van der Waals surface area contributed by atoms with Crippen molar-refractivity contribution in [2.75, 3.05) is 6.54 Å². The fourth-order valence-electron chi connectivity index (χ4n) is 1.98. The van der Waals surface area contributed by atoms with Gasteiger partial charge < -0.3 is 15.2 Å². The second-order valence-corrected chi connectivity index (χ2v) is 5.34. The molecule has 0 saturated heterocycles. The van der Waals surface area contributed by atoms with Crippen LogP contribution in [0.2, 0.25) is 0 Å². The van der Waals surface area contributed by atoms with Crippen LogP contribution in [0.3, 0.4) is 0 Å². The first-order chi connectivity index (χ1) is 9.54. The van der Waals surface area contributed by atoms with Crippen LogP contribution >= 0.6 is 0 Å². The number of unbranched alkanes of at least 4 members (excludes halogenated alkanes) is 8. The Labute approximate surface area is 171 Å². The molecule has 0 fully saturated rings. The molecule has 1 amide bonds. The van der Waals surface area contributed by atoms with Crippen molar-refractivity contribution in [3.05, 3.63) is 12.2 Å². The summed E-state index contributed by atoms with van der Waals surface area (Å²) in [7, 11) is 0. The second kappa shape index (κ2) is 16.7. The third-order valence-electron chi connectivity index (χ3n) is 3.23. The summed E-state index contributed by atoms with van der Waals surface area (Å²) in [5, 5.41) is 13.0. The minimum absolute atomic E-state index is 0. The average molecular weight is 322 g/mol. The first-order valence-electron chi connectivity index (χ1n) is 7.67. The summed E-state index contributed by atoms with van der Waals surface area (Å²) in [6, 6.07) is 0. The summed E-state index contributed by atoms with van der Waals surface area (Å²) in [5.74, 6) is -0.995. The third-order valence-corrected chi connectivity index (χ3v) is 3.23. The van der Waals surface area contributed by atoms with Gasteiger partial charge in [0.15, 0.2) is 0 Å². The van der Waals surface area contributed by atoms with Gasteiger partial charge in [0.05, 0.1) is 0 Å². The summed E-state index contributed by atoms with van der Waals surface area (Å²) in [6.45, 7) is 6.03. The second-order valence-electron chi connectivity index (χ2n) is 5.34. The number of amides is 1. The van der Waals surface area contributed by atoms with E-state index in [0.717, 1.165) is 38.6 Å². The Bertz CT molecular complexity index is 306. The van der Waals surface area contributed by atoms with Gasteiger partial charge >= 0.3 is 51.4 Å². The minimum Gasteiger partial charge on any atom is -0.550 e. The fourth-order valence-corrected chi connectivity index (χ4v) is 1.98. The standard InChI is InChI=1S/C16H29NO3.K/c1-14(2)16(20)17-13-11-9-7-5-3-4-6-8-10-12-15(18)19;/h1,3-13H2,2H3,(H,17,20)(H,18,19);/q;+1/p-1. The SMILES string of the molecule is C=C(C)C(=O)NCCCCCCCCCCCC(=O)[O-].[K+]. The maximum Gasteiger partial charge on any atom is 1.00 e. The summed E-state index contributed by atoms with van der Waals surface area (Å²) in [6.07, 6.45) is 10.00. The predicted octanol–water partition coefficient (Wildman–Crippen LogP) is -0.666. The maximum atomic E-state index is 11.2. The number of carbonyl (C=O) groups is 2. The van der Waals surface area contributed by atoms with Crippen molar-refractivity contribution in [2.24, 2.45) is 0 Å². The molecule has 0 aromatic heterocycles. The zero-order valence-corrected chi connectivity index (χ0v) is 16.8. The van der Waals surface area contributed by atoms with Crippen molar-refractivity contribution in [3.63, 3.8) is 0 Å². The smallest absolute Gasteiger partial charge is 0.550 e. The molecule has 0 heterocycles. The molecule has 0 spiro atoms. The Kier molecular flexibility index (Phi) is 18.7. The zero-order chi connectivity index (χ0) is 15.2. The van der Waals surface area contributed by atoms with E-state index in [2.05, 4.69) is 11.9 Å². The molecule has 4 nitrogen and oxygen atoms in total. The van der Waals surface area contributed by atoms with Gasteiger partial charge in [0.1, 0.15) is 0 Å². The van der Waals surface area contributed by atoms with E-state index in [9.17, 15) is 14.7 Å². The molecule has 5 heteroatoms. The van der Waals surface area contributed by atoms with Crippen LogP contribution in [0.25, 0.3) is 0 Å². The van der Waals surface area contributed by atoms with Crippen molar-refractivity contribution in [1.82, 2.24) is 5.32 Å². The first kappa shape index (κ1) is 23.6. The van der Waals surface area contributed by atoms with Crippen LogP contribution in [0, 0.1) is 0 Å². The van der Waals surface area contributed by atoms with E-state index in [1.165, 1.54) is 25.7 Å². The van der Waals surface area contributed by atoms with E-state index in [0.29, 0.717) is 5.57 Å². The number of carbonyl (C=O) groups excluding carboxylic acids is 2.